The predicted octanol–water partition coefficient (Wildman–Crippen LogP) is 5.68. The normalized spacial score (nSPS) is 14.8. The molecule has 5 nitrogen and oxygen atoms in total. The highest BCUT2D eigenvalue weighted by atomic mass is 35.5. The Morgan fingerprint density at radius 2 is 2.09 bits per heavy atom. The first-order valence-corrected chi connectivity index (χ1v) is 12.5. The van der Waals surface area contributed by atoms with Crippen LogP contribution in [0.15, 0.2) is 66.6 Å². The van der Waals surface area contributed by atoms with E-state index >= 15 is 0 Å². The van der Waals surface area contributed by atoms with E-state index in [1.807, 2.05) is 24.4 Å². The Kier molecular flexibility index (Phi) is 7.88. The van der Waals surface area contributed by atoms with Crippen molar-refractivity contribution in [2.75, 3.05) is 26.2 Å². The zero-order chi connectivity index (χ0) is 24.9. The number of nitrogens with zero attached hydrogens (tertiary/aromatic N) is 2. The Labute approximate surface area is 213 Å². The number of amides is 2. The summed E-state index contributed by atoms with van der Waals surface area (Å²) in [6.07, 6.45) is 2.26. The summed E-state index contributed by atoms with van der Waals surface area (Å²) >= 11 is 7.79. The molecule has 8 heteroatoms. The maximum Gasteiger partial charge on any atom is 0.257 e. The summed E-state index contributed by atoms with van der Waals surface area (Å²) in [5, 5.41) is 2.68. The van der Waals surface area contributed by atoms with Crippen molar-refractivity contribution in [3.05, 3.63) is 99.0 Å². The van der Waals surface area contributed by atoms with Gasteiger partial charge in [0.05, 0.1) is 11.6 Å². The van der Waals surface area contributed by atoms with Crippen LogP contribution in [0.1, 0.15) is 32.4 Å². The molecule has 2 aromatic carbocycles. The molecular formula is C27H26ClFN2O3S. The Morgan fingerprint density at radius 3 is 2.83 bits per heavy atom. The van der Waals surface area contributed by atoms with Gasteiger partial charge in [-0.2, -0.15) is 0 Å². The molecule has 1 aromatic heterocycles. The second-order valence-electron chi connectivity index (χ2n) is 8.33. The quantitative estimate of drug-likeness (QED) is 0.365. The SMILES string of the molecule is C=CCN(CC(=O)N1CCc2sccc2[C@@H]1COc1ccc(Cl)c(C)c1)C(=O)c1ccccc1F. The number of thiophene rings is 1. The number of ether oxygens (including phenoxy) is 1. The molecule has 1 aliphatic heterocycles. The zero-order valence-corrected chi connectivity index (χ0v) is 20.9. The molecule has 0 N–H and O–H groups in total. The van der Waals surface area contributed by atoms with Gasteiger partial charge in [0.1, 0.15) is 24.7 Å². The van der Waals surface area contributed by atoms with Crippen molar-refractivity contribution in [1.29, 1.82) is 0 Å². The van der Waals surface area contributed by atoms with Gasteiger partial charge in [-0.1, -0.05) is 29.8 Å². The summed E-state index contributed by atoms with van der Waals surface area (Å²) in [4.78, 5) is 30.8. The molecule has 1 aliphatic rings. The Morgan fingerprint density at radius 1 is 1.29 bits per heavy atom. The van der Waals surface area contributed by atoms with Crippen molar-refractivity contribution in [3.8, 4) is 5.75 Å². The Bertz CT molecular complexity index is 1240. The topological polar surface area (TPSA) is 49.9 Å². The van der Waals surface area contributed by atoms with E-state index in [1.54, 1.807) is 34.4 Å². The maximum atomic E-state index is 14.2. The molecule has 0 saturated carbocycles. The molecule has 0 aliphatic carbocycles. The van der Waals surface area contributed by atoms with Crippen LogP contribution in [0.3, 0.4) is 0 Å². The summed E-state index contributed by atoms with van der Waals surface area (Å²) in [6.45, 7) is 6.31. The van der Waals surface area contributed by atoms with Crippen LogP contribution < -0.4 is 4.74 Å². The largest absolute Gasteiger partial charge is 0.491 e. The van der Waals surface area contributed by atoms with Crippen LogP contribution in [0.5, 0.6) is 5.75 Å². The van der Waals surface area contributed by atoms with Gasteiger partial charge in [0.2, 0.25) is 5.91 Å². The fraction of sp³-hybridized carbons (Fsp3) is 0.259. The third kappa shape index (κ3) is 5.57. The smallest absolute Gasteiger partial charge is 0.257 e. The lowest BCUT2D eigenvalue weighted by atomic mass is 10.0. The van der Waals surface area contributed by atoms with Gasteiger partial charge in [-0.15, -0.1) is 17.9 Å². The number of halogens is 2. The molecule has 0 spiro atoms. The minimum absolute atomic E-state index is 0.0705. The number of rotatable bonds is 8. The Balaban J connectivity index is 1.54. The van der Waals surface area contributed by atoms with E-state index in [0.29, 0.717) is 17.3 Å². The predicted molar refractivity (Wildman–Crippen MR) is 137 cm³/mol. The summed E-state index contributed by atoms with van der Waals surface area (Å²) in [6, 6.07) is 12.9. The zero-order valence-electron chi connectivity index (χ0n) is 19.4. The van der Waals surface area contributed by atoms with E-state index in [2.05, 4.69) is 6.58 Å². The first-order chi connectivity index (χ1) is 16.9. The lowest BCUT2D eigenvalue weighted by Crippen LogP contribution is -2.48. The van der Waals surface area contributed by atoms with Crippen LogP contribution in [0.2, 0.25) is 5.02 Å². The van der Waals surface area contributed by atoms with Gasteiger partial charge in [0.25, 0.3) is 5.91 Å². The number of carbonyl (C=O) groups excluding carboxylic acids is 2. The Hall–Kier alpha value is -3.16. The highest BCUT2D eigenvalue weighted by Crippen LogP contribution is 2.34. The van der Waals surface area contributed by atoms with Gasteiger partial charge in [-0.05, 0) is 66.2 Å². The lowest BCUT2D eigenvalue weighted by molar-refractivity contribution is -0.135. The second kappa shape index (κ2) is 11.1. The second-order valence-corrected chi connectivity index (χ2v) is 9.74. The van der Waals surface area contributed by atoms with Crippen molar-refractivity contribution in [3.63, 3.8) is 0 Å². The van der Waals surface area contributed by atoms with Crippen LogP contribution in [0, 0.1) is 12.7 Å². The molecule has 3 aromatic rings. The molecule has 182 valence electrons. The van der Waals surface area contributed by atoms with Crippen molar-refractivity contribution < 1.29 is 18.7 Å². The molecule has 0 bridgehead atoms. The molecule has 1 atom stereocenters. The molecule has 35 heavy (non-hydrogen) atoms. The molecule has 0 fully saturated rings. The monoisotopic (exact) mass is 512 g/mol. The third-order valence-electron chi connectivity index (χ3n) is 6.02. The van der Waals surface area contributed by atoms with E-state index in [4.69, 9.17) is 16.3 Å². The lowest BCUT2D eigenvalue weighted by Gasteiger charge is -2.37. The van der Waals surface area contributed by atoms with Crippen molar-refractivity contribution >= 4 is 34.8 Å². The van der Waals surface area contributed by atoms with E-state index in [0.717, 1.165) is 17.5 Å². The third-order valence-corrected chi connectivity index (χ3v) is 7.44. The van der Waals surface area contributed by atoms with E-state index in [9.17, 15) is 14.0 Å². The number of fused-ring (bicyclic) bond motifs is 1. The average Bonchev–Trinajstić information content (AvgIpc) is 3.33. The number of hydrogen-bond acceptors (Lipinski definition) is 4. The van der Waals surface area contributed by atoms with Crippen LogP contribution in [-0.4, -0.2) is 47.9 Å². The summed E-state index contributed by atoms with van der Waals surface area (Å²) in [7, 11) is 0. The minimum Gasteiger partial charge on any atom is -0.491 e. The highest BCUT2D eigenvalue weighted by molar-refractivity contribution is 7.10. The number of benzene rings is 2. The summed E-state index contributed by atoms with van der Waals surface area (Å²) in [5.74, 6) is -0.725. The van der Waals surface area contributed by atoms with Crippen LogP contribution in [-0.2, 0) is 11.2 Å². The molecule has 0 radical (unpaired) electrons. The number of aryl methyl sites for hydroxylation is 1. The number of hydrogen-bond donors (Lipinski definition) is 0. The van der Waals surface area contributed by atoms with Crippen LogP contribution >= 0.6 is 22.9 Å². The van der Waals surface area contributed by atoms with Crippen molar-refractivity contribution in [1.82, 2.24) is 9.80 Å². The van der Waals surface area contributed by atoms with Gasteiger partial charge in [-0.25, -0.2) is 4.39 Å². The van der Waals surface area contributed by atoms with Crippen molar-refractivity contribution in [2.24, 2.45) is 0 Å². The van der Waals surface area contributed by atoms with E-state index in [1.165, 1.54) is 34.1 Å². The molecule has 2 amide bonds. The summed E-state index contributed by atoms with van der Waals surface area (Å²) < 4.78 is 20.3. The fourth-order valence-corrected chi connectivity index (χ4v) is 5.24. The molecule has 0 saturated heterocycles. The maximum absolute atomic E-state index is 14.2. The summed E-state index contributed by atoms with van der Waals surface area (Å²) in [5.41, 5.74) is 1.89. The molecule has 4 rings (SSSR count). The first kappa shape index (κ1) is 24.9. The van der Waals surface area contributed by atoms with Gasteiger partial charge in [0.15, 0.2) is 0 Å². The standard InChI is InChI=1S/C27H26ClFN2O3S/c1-3-12-30(27(33)20-6-4-5-7-23(20)29)16-26(32)31-13-10-25-21(11-14-35-25)24(31)17-34-19-8-9-22(28)18(2)15-19/h3-9,11,14-15,24H,1,10,12-13,16-17H2,2H3/t24-/m0/s1. The molecule has 0 unspecified atom stereocenters. The molecule has 2 heterocycles. The fourth-order valence-electron chi connectivity index (χ4n) is 4.19. The van der Waals surface area contributed by atoms with E-state index < -0.39 is 11.7 Å². The highest BCUT2D eigenvalue weighted by Gasteiger charge is 2.33. The van der Waals surface area contributed by atoms with Gasteiger partial charge in [0, 0.05) is 23.0 Å². The molecular weight excluding hydrogens is 487 g/mol. The van der Waals surface area contributed by atoms with Crippen LogP contribution in [0.25, 0.3) is 0 Å². The van der Waals surface area contributed by atoms with Gasteiger partial charge >= 0.3 is 0 Å². The van der Waals surface area contributed by atoms with Crippen LogP contribution in [0.4, 0.5) is 4.39 Å². The van der Waals surface area contributed by atoms with E-state index in [-0.39, 0.29) is 37.2 Å². The first-order valence-electron chi connectivity index (χ1n) is 11.3. The van der Waals surface area contributed by atoms with Gasteiger partial charge in [-0.3, -0.25) is 9.59 Å². The average molecular weight is 513 g/mol. The number of carbonyl (C=O) groups is 2. The van der Waals surface area contributed by atoms with Crippen molar-refractivity contribution in [2.45, 2.75) is 19.4 Å². The minimum atomic E-state index is -0.621. The van der Waals surface area contributed by atoms with Gasteiger partial charge < -0.3 is 14.5 Å².